The largest absolute Gasteiger partial charge is 0.478 e. The number of amides is 1. The number of hydrogen-bond donors (Lipinski definition) is 1. The smallest absolute Gasteiger partial charge is 0.263 e. The van der Waals surface area contributed by atoms with Crippen LogP contribution in [0, 0.1) is 11.3 Å². The number of nitrogens with one attached hydrogen (secondary N) is 1. The van der Waals surface area contributed by atoms with Crippen LogP contribution in [0.5, 0.6) is 5.75 Å². The molecule has 0 aromatic heterocycles. The molecule has 1 amide bonds. The lowest BCUT2D eigenvalue weighted by atomic mass is 9.85. The zero-order valence-corrected chi connectivity index (χ0v) is 20.3. The van der Waals surface area contributed by atoms with E-state index < -0.39 is 5.60 Å². The van der Waals surface area contributed by atoms with Crippen LogP contribution >= 0.6 is 23.2 Å². The standard InChI is InChI=1S/C27H26Cl2N2O2/c1-18(31-26(32)27(2,3)33-24-9-5-8-23(29)16-24)25(15-19-10-12-22(28)13-11-19)21-7-4-6-20(14-21)17-30/h4-14,16,18,25H,15H2,1-3H3,(H,31,32). The SMILES string of the molecule is CC(NC(=O)C(C)(C)Oc1cccc(Cl)c1)C(Cc1ccc(Cl)cc1)c1cccc(C#N)c1. The zero-order chi connectivity index (χ0) is 24.0. The van der Waals surface area contributed by atoms with Gasteiger partial charge in [-0.2, -0.15) is 5.26 Å². The van der Waals surface area contributed by atoms with Gasteiger partial charge in [0.1, 0.15) is 5.75 Å². The molecule has 2 unspecified atom stereocenters. The van der Waals surface area contributed by atoms with Gasteiger partial charge in [0.05, 0.1) is 11.6 Å². The van der Waals surface area contributed by atoms with E-state index in [0.29, 0.717) is 27.8 Å². The molecule has 3 rings (SSSR count). The topological polar surface area (TPSA) is 62.1 Å². The van der Waals surface area contributed by atoms with Crippen molar-refractivity contribution >= 4 is 29.1 Å². The van der Waals surface area contributed by atoms with E-state index in [0.717, 1.165) is 11.1 Å². The average Bonchev–Trinajstić information content (AvgIpc) is 2.78. The Morgan fingerprint density at radius 2 is 1.73 bits per heavy atom. The Balaban J connectivity index is 1.82. The summed E-state index contributed by atoms with van der Waals surface area (Å²) in [6.45, 7) is 5.41. The summed E-state index contributed by atoms with van der Waals surface area (Å²) in [5.74, 6) is 0.215. The summed E-state index contributed by atoms with van der Waals surface area (Å²) in [5.41, 5.74) is 1.53. The van der Waals surface area contributed by atoms with Crippen molar-refractivity contribution in [3.8, 4) is 11.8 Å². The minimum atomic E-state index is -1.11. The van der Waals surface area contributed by atoms with Crippen molar-refractivity contribution in [3.63, 3.8) is 0 Å². The molecule has 3 aromatic rings. The van der Waals surface area contributed by atoms with Crippen molar-refractivity contribution in [2.75, 3.05) is 0 Å². The molecule has 170 valence electrons. The van der Waals surface area contributed by atoms with E-state index in [1.165, 1.54) is 0 Å². The van der Waals surface area contributed by atoms with Crippen LogP contribution in [0.4, 0.5) is 0 Å². The van der Waals surface area contributed by atoms with E-state index in [1.807, 2.05) is 49.4 Å². The molecule has 0 aliphatic carbocycles. The molecule has 0 bridgehead atoms. The third-order valence-electron chi connectivity index (χ3n) is 5.49. The second kappa shape index (κ2) is 10.7. The molecule has 0 saturated heterocycles. The van der Waals surface area contributed by atoms with E-state index in [9.17, 15) is 10.1 Å². The average molecular weight is 481 g/mol. The zero-order valence-electron chi connectivity index (χ0n) is 18.8. The molecule has 3 aromatic carbocycles. The Bertz CT molecular complexity index is 1150. The highest BCUT2D eigenvalue weighted by atomic mass is 35.5. The van der Waals surface area contributed by atoms with Gasteiger partial charge in [-0.3, -0.25) is 4.79 Å². The van der Waals surface area contributed by atoms with Gasteiger partial charge in [0, 0.05) is 22.0 Å². The minimum absolute atomic E-state index is 0.0644. The van der Waals surface area contributed by atoms with Gasteiger partial charge in [0.15, 0.2) is 5.60 Å². The van der Waals surface area contributed by atoms with E-state index in [2.05, 4.69) is 11.4 Å². The number of rotatable bonds is 8. The van der Waals surface area contributed by atoms with Gasteiger partial charge in [-0.1, -0.05) is 53.5 Å². The first-order valence-electron chi connectivity index (χ1n) is 10.7. The Morgan fingerprint density at radius 3 is 2.39 bits per heavy atom. The minimum Gasteiger partial charge on any atom is -0.478 e. The maximum Gasteiger partial charge on any atom is 0.263 e. The van der Waals surface area contributed by atoms with Crippen LogP contribution in [0.3, 0.4) is 0 Å². The fourth-order valence-corrected chi connectivity index (χ4v) is 3.96. The van der Waals surface area contributed by atoms with Crippen molar-refractivity contribution in [2.45, 2.75) is 44.8 Å². The lowest BCUT2D eigenvalue weighted by molar-refractivity contribution is -0.135. The van der Waals surface area contributed by atoms with E-state index in [1.54, 1.807) is 44.2 Å². The van der Waals surface area contributed by atoms with Crippen LogP contribution in [-0.4, -0.2) is 17.6 Å². The molecule has 33 heavy (non-hydrogen) atoms. The first-order chi connectivity index (χ1) is 15.7. The van der Waals surface area contributed by atoms with E-state index in [-0.39, 0.29) is 17.9 Å². The predicted octanol–water partition coefficient (Wildman–Crippen LogP) is 6.55. The van der Waals surface area contributed by atoms with Crippen molar-refractivity contribution in [2.24, 2.45) is 0 Å². The Morgan fingerprint density at radius 1 is 1.03 bits per heavy atom. The van der Waals surface area contributed by atoms with Crippen LogP contribution < -0.4 is 10.1 Å². The molecule has 0 radical (unpaired) electrons. The van der Waals surface area contributed by atoms with Gasteiger partial charge < -0.3 is 10.1 Å². The summed E-state index contributed by atoms with van der Waals surface area (Å²) in [6.07, 6.45) is 0.670. The second-order valence-electron chi connectivity index (χ2n) is 8.51. The Labute approximate surface area is 205 Å². The maximum absolute atomic E-state index is 13.2. The quantitative estimate of drug-likeness (QED) is 0.397. The van der Waals surface area contributed by atoms with Gasteiger partial charge in [-0.15, -0.1) is 0 Å². The summed E-state index contributed by atoms with van der Waals surface area (Å²) in [4.78, 5) is 13.2. The van der Waals surface area contributed by atoms with Crippen molar-refractivity contribution < 1.29 is 9.53 Å². The molecule has 0 heterocycles. The molecular formula is C27H26Cl2N2O2. The molecular weight excluding hydrogens is 455 g/mol. The highest BCUT2D eigenvalue weighted by Gasteiger charge is 2.33. The van der Waals surface area contributed by atoms with Crippen molar-refractivity contribution in [3.05, 3.63) is 99.5 Å². The number of hydrogen-bond acceptors (Lipinski definition) is 3. The van der Waals surface area contributed by atoms with Crippen molar-refractivity contribution in [1.82, 2.24) is 5.32 Å². The summed E-state index contributed by atoms with van der Waals surface area (Å²) in [7, 11) is 0. The lowest BCUT2D eigenvalue weighted by Crippen LogP contribution is -2.51. The van der Waals surface area contributed by atoms with Gasteiger partial charge in [-0.25, -0.2) is 0 Å². The fourth-order valence-electron chi connectivity index (χ4n) is 3.65. The van der Waals surface area contributed by atoms with Gasteiger partial charge in [-0.05, 0) is 80.8 Å². The third kappa shape index (κ3) is 6.74. The summed E-state index contributed by atoms with van der Waals surface area (Å²) in [6, 6.07) is 24.1. The summed E-state index contributed by atoms with van der Waals surface area (Å²) >= 11 is 12.1. The first kappa shape index (κ1) is 24.6. The number of carbonyl (C=O) groups is 1. The summed E-state index contributed by atoms with van der Waals surface area (Å²) < 4.78 is 5.94. The fraction of sp³-hybridized carbons (Fsp3) is 0.259. The molecule has 1 N–H and O–H groups in total. The number of ether oxygens (including phenoxy) is 1. The summed E-state index contributed by atoms with van der Waals surface area (Å²) in [5, 5.41) is 13.7. The molecule has 6 heteroatoms. The normalized spacial score (nSPS) is 13.0. The number of nitriles is 1. The molecule has 0 aliphatic rings. The molecule has 0 saturated carbocycles. The monoisotopic (exact) mass is 480 g/mol. The highest BCUT2D eigenvalue weighted by Crippen LogP contribution is 2.28. The van der Waals surface area contributed by atoms with E-state index in [4.69, 9.17) is 27.9 Å². The van der Waals surface area contributed by atoms with Gasteiger partial charge in [0.25, 0.3) is 5.91 Å². The number of nitrogens with zero attached hydrogens (tertiary/aromatic N) is 1. The molecule has 2 atom stereocenters. The van der Waals surface area contributed by atoms with Crippen LogP contribution in [0.15, 0.2) is 72.8 Å². The first-order valence-corrected chi connectivity index (χ1v) is 11.4. The Hall–Kier alpha value is -3.00. The lowest BCUT2D eigenvalue weighted by Gasteiger charge is -2.31. The van der Waals surface area contributed by atoms with Crippen LogP contribution in [0.25, 0.3) is 0 Å². The molecule has 4 nitrogen and oxygen atoms in total. The third-order valence-corrected chi connectivity index (χ3v) is 5.98. The number of benzene rings is 3. The van der Waals surface area contributed by atoms with Gasteiger partial charge in [0.2, 0.25) is 0 Å². The highest BCUT2D eigenvalue weighted by molar-refractivity contribution is 6.30. The van der Waals surface area contributed by atoms with E-state index >= 15 is 0 Å². The molecule has 0 spiro atoms. The van der Waals surface area contributed by atoms with Gasteiger partial charge >= 0.3 is 0 Å². The van der Waals surface area contributed by atoms with Crippen molar-refractivity contribution in [1.29, 1.82) is 5.26 Å². The Kier molecular flexibility index (Phi) is 8.02. The number of carbonyl (C=O) groups excluding carboxylic acids is 1. The second-order valence-corrected chi connectivity index (χ2v) is 9.38. The number of halogens is 2. The van der Waals surface area contributed by atoms with Crippen LogP contribution in [0.1, 0.15) is 43.4 Å². The molecule has 0 fully saturated rings. The maximum atomic E-state index is 13.2. The predicted molar refractivity (Wildman–Crippen MR) is 133 cm³/mol. The van der Waals surface area contributed by atoms with Crippen LogP contribution in [-0.2, 0) is 11.2 Å². The molecule has 0 aliphatic heterocycles. The van der Waals surface area contributed by atoms with Crippen LogP contribution in [0.2, 0.25) is 10.0 Å².